The number of carboxylic acid groups (broad SMARTS) is 1. The average Bonchev–Trinajstić information content (AvgIpc) is 1.87. The van der Waals surface area contributed by atoms with E-state index in [0.29, 0.717) is 26.3 Å². The average molecular weight is 185 g/mol. The molecule has 0 aliphatic carbocycles. The van der Waals surface area contributed by atoms with Crippen molar-refractivity contribution in [2.45, 2.75) is 0 Å². The quantitative estimate of drug-likeness (QED) is 0.510. The first kappa shape index (κ1) is 13.1. The van der Waals surface area contributed by atoms with Gasteiger partial charge in [0.1, 0.15) is 0 Å². The Morgan fingerprint density at radius 3 is 2.64 bits per heavy atom. The van der Waals surface area contributed by atoms with Gasteiger partial charge < -0.3 is 20.9 Å². The van der Waals surface area contributed by atoms with E-state index in [2.05, 4.69) is 5.32 Å². The highest BCUT2D eigenvalue weighted by Crippen LogP contribution is 1.69. The van der Waals surface area contributed by atoms with Crippen LogP contribution >= 0.6 is 12.4 Å². The number of halogens is 1. The van der Waals surface area contributed by atoms with Crippen molar-refractivity contribution in [3.8, 4) is 0 Å². The van der Waals surface area contributed by atoms with Crippen molar-refractivity contribution in [1.29, 1.82) is 0 Å². The van der Waals surface area contributed by atoms with Gasteiger partial charge in [-0.25, -0.2) is 4.79 Å². The number of amides is 1. The lowest BCUT2D eigenvalue weighted by Crippen LogP contribution is -2.25. The lowest BCUT2D eigenvalue weighted by molar-refractivity contribution is 0.139. The molecule has 0 aromatic rings. The molecule has 0 saturated carbocycles. The van der Waals surface area contributed by atoms with Crippen LogP contribution < -0.4 is 11.1 Å². The van der Waals surface area contributed by atoms with Crippen LogP contribution in [0.25, 0.3) is 0 Å². The molecule has 0 radical (unpaired) electrons. The Bertz CT molecular complexity index is 102. The lowest BCUT2D eigenvalue weighted by atomic mass is 10.6. The summed E-state index contributed by atoms with van der Waals surface area (Å²) in [6.07, 6.45) is -1.03. The maximum absolute atomic E-state index is 9.84. The standard InChI is InChI=1S/C5H12N2O3.ClH/c6-1-3-10-4-2-7-5(8)9;/h7H,1-4,6H2,(H,8,9);1H. The fourth-order valence-corrected chi connectivity index (χ4v) is 0.416. The molecule has 0 aromatic carbocycles. The molecule has 4 N–H and O–H groups in total. The third kappa shape index (κ3) is 12.6. The van der Waals surface area contributed by atoms with Crippen LogP contribution in [-0.2, 0) is 4.74 Å². The molecule has 0 bridgehead atoms. The maximum Gasteiger partial charge on any atom is 0.404 e. The van der Waals surface area contributed by atoms with Gasteiger partial charge in [0.25, 0.3) is 0 Å². The van der Waals surface area contributed by atoms with Gasteiger partial charge in [0.2, 0.25) is 0 Å². The van der Waals surface area contributed by atoms with E-state index >= 15 is 0 Å². The summed E-state index contributed by atoms with van der Waals surface area (Å²) >= 11 is 0. The van der Waals surface area contributed by atoms with Crippen molar-refractivity contribution >= 4 is 18.5 Å². The highest BCUT2D eigenvalue weighted by atomic mass is 35.5. The monoisotopic (exact) mass is 184 g/mol. The fourth-order valence-electron chi connectivity index (χ4n) is 0.416. The molecule has 0 atom stereocenters. The van der Waals surface area contributed by atoms with Gasteiger partial charge in [-0.2, -0.15) is 0 Å². The van der Waals surface area contributed by atoms with Crippen LogP contribution in [0.2, 0.25) is 0 Å². The van der Waals surface area contributed by atoms with Gasteiger partial charge in [-0.3, -0.25) is 0 Å². The van der Waals surface area contributed by atoms with Crippen molar-refractivity contribution in [3.05, 3.63) is 0 Å². The largest absolute Gasteiger partial charge is 0.465 e. The molecule has 0 spiro atoms. The Morgan fingerprint density at radius 1 is 1.55 bits per heavy atom. The zero-order chi connectivity index (χ0) is 7.82. The first-order valence-corrected chi connectivity index (χ1v) is 3.02. The molecule has 0 aromatic heterocycles. The second kappa shape index (κ2) is 9.48. The number of ether oxygens (including phenoxy) is 1. The first-order chi connectivity index (χ1) is 4.77. The van der Waals surface area contributed by atoms with E-state index in [-0.39, 0.29) is 12.4 Å². The molecule has 0 aliphatic heterocycles. The van der Waals surface area contributed by atoms with E-state index in [1.807, 2.05) is 0 Å². The van der Waals surface area contributed by atoms with Crippen LogP contribution in [0.15, 0.2) is 0 Å². The van der Waals surface area contributed by atoms with Gasteiger partial charge in [-0.15, -0.1) is 12.4 Å². The summed E-state index contributed by atoms with van der Waals surface area (Å²) in [5.41, 5.74) is 5.11. The van der Waals surface area contributed by atoms with E-state index in [4.69, 9.17) is 15.6 Å². The van der Waals surface area contributed by atoms with E-state index in [0.717, 1.165) is 0 Å². The van der Waals surface area contributed by atoms with Gasteiger partial charge in [0, 0.05) is 13.1 Å². The predicted octanol–water partition coefficient (Wildman–Crippen LogP) is -0.349. The Morgan fingerprint density at radius 2 is 2.18 bits per heavy atom. The second-order valence-electron chi connectivity index (χ2n) is 1.63. The summed E-state index contributed by atoms with van der Waals surface area (Å²) in [5, 5.41) is 10.2. The van der Waals surface area contributed by atoms with Crippen molar-refractivity contribution in [3.63, 3.8) is 0 Å². The molecular formula is C5H13ClN2O3. The number of hydrogen-bond donors (Lipinski definition) is 3. The Hall–Kier alpha value is -0.520. The summed E-state index contributed by atoms with van der Waals surface area (Å²) < 4.78 is 4.88. The molecule has 0 saturated heterocycles. The minimum Gasteiger partial charge on any atom is -0.465 e. The van der Waals surface area contributed by atoms with Gasteiger partial charge in [0.15, 0.2) is 0 Å². The summed E-state index contributed by atoms with van der Waals surface area (Å²) in [7, 11) is 0. The zero-order valence-corrected chi connectivity index (χ0v) is 6.89. The SMILES string of the molecule is Cl.NCCOCCNC(=O)O. The topological polar surface area (TPSA) is 84.6 Å². The summed E-state index contributed by atoms with van der Waals surface area (Å²) in [6.45, 7) is 1.63. The number of nitrogens with one attached hydrogen (secondary N) is 1. The first-order valence-electron chi connectivity index (χ1n) is 3.02. The molecule has 0 heterocycles. The van der Waals surface area contributed by atoms with E-state index in [1.54, 1.807) is 0 Å². The number of rotatable bonds is 5. The Balaban J connectivity index is 0. The van der Waals surface area contributed by atoms with Crippen LogP contribution in [0.3, 0.4) is 0 Å². The molecule has 5 nitrogen and oxygen atoms in total. The molecule has 1 amide bonds. The number of nitrogens with two attached hydrogens (primary N) is 1. The molecule has 0 aliphatic rings. The van der Waals surface area contributed by atoms with Crippen molar-refractivity contribution in [1.82, 2.24) is 5.32 Å². The highest BCUT2D eigenvalue weighted by Gasteiger charge is 1.91. The number of hydrogen-bond acceptors (Lipinski definition) is 3. The van der Waals surface area contributed by atoms with Crippen molar-refractivity contribution < 1.29 is 14.6 Å². The summed E-state index contributed by atoms with van der Waals surface area (Å²) in [4.78, 5) is 9.84. The van der Waals surface area contributed by atoms with E-state index < -0.39 is 6.09 Å². The third-order valence-corrected chi connectivity index (χ3v) is 0.785. The Kier molecular flexibility index (Phi) is 11.3. The van der Waals surface area contributed by atoms with Crippen LogP contribution in [0, 0.1) is 0 Å². The van der Waals surface area contributed by atoms with Crippen LogP contribution in [0.4, 0.5) is 4.79 Å². The van der Waals surface area contributed by atoms with Gasteiger partial charge in [0.05, 0.1) is 13.2 Å². The zero-order valence-electron chi connectivity index (χ0n) is 6.08. The lowest BCUT2D eigenvalue weighted by Gasteiger charge is -2.00. The van der Waals surface area contributed by atoms with E-state index in [1.165, 1.54) is 0 Å². The molecular weight excluding hydrogens is 172 g/mol. The van der Waals surface area contributed by atoms with Gasteiger partial charge in [-0.1, -0.05) is 0 Å². The van der Waals surface area contributed by atoms with Gasteiger partial charge >= 0.3 is 6.09 Å². The van der Waals surface area contributed by atoms with Crippen molar-refractivity contribution in [2.24, 2.45) is 5.73 Å². The van der Waals surface area contributed by atoms with Gasteiger partial charge in [-0.05, 0) is 0 Å². The van der Waals surface area contributed by atoms with E-state index in [9.17, 15) is 4.79 Å². The fraction of sp³-hybridized carbons (Fsp3) is 0.800. The molecule has 68 valence electrons. The van der Waals surface area contributed by atoms with Crippen LogP contribution in [-0.4, -0.2) is 37.5 Å². The minimum atomic E-state index is -1.03. The molecule has 0 unspecified atom stereocenters. The Labute approximate surface area is 71.3 Å². The molecule has 0 rings (SSSR count). The smallest absolute Gasteiger partial charge is 0.404 e. The van der Waals surface area contributed by atoms with Crippen LogP contribution in [0.1, 0.15) is 0 Å². The summed E-state index contributed by atoms with van der Waals surface area (Å²) in [6, 6.07) is 0. The normalized spacial score (nSPS) is 8.45. The highest BCUT2D eigenvalue weighted by molar-refractivity contribution is 5.85. The molecule has 6 heteroatoms. The van der Waals surface area contributed by atoms with Crippen molar-refractivity contribution in [2.75, 3.05) is 26.3 Å². The predicted molar refractivity (Wildman–Crippen MR) is 43.1 cm³/mol. The molecule has 0 fully saturated rings. The summed E-state index contributed by atoms with van der Waals surface area (Å²) in [5.74, 6) is 0. The maximum atomic E-state index is 9.84. The van der Waals surface area contributed by atoms with Crippen LogP contribution in [0.5, 0.6) is 0 Å². The second-order valence-corrected chi connectivity index (χ2v) is 1.63. The minimum absolute atomic E-state index is 0. The molecule has 11 heavy (non-hydrogen) atoms. The number of carbonyl (C=O) groups is 1. The third-order valence-electron chi connectivity index (χ3n) is 0.785.